The summed E-state index contributed by atoms with van der Waals surface area (Å²) in [6.07, 6.45) is 2.39. The van der Waals surface area contributed by atoms with Crippen molar-refractivity contribution in [2.24, 2.45) is 0 Å². The molecule has 1 heterocycles. The fourth-order valence-electron chi connectivity index (χ4n) is 2.34. The molecule has 1 aliphatic heterocycles. The van der Waals surface area contributed by atoms with Crippen LogP contribution in [0.15, 0.2) is 24.3 Å². The highest BCUT2D eigenvalue weighted by Crippen LogP contribution is 2.26. The Bertz CT molecular complexity index is 352. The first kappa shape index (κ1) is 11.9. The summed E-state index contributed by atoms with van der Waals surface area (Å²) >= 11 is 6.02. The lowest BCUT2D eigenvalue weighted by Crippen LogP contribution is -2.41. The summed E-state index contributed by atoms with van der Waals surface area (Å²) in [6.45, 7) is 1.08. The lowest BCUT2D eigenvalue weighted by atomic mass is 9.93. The van der Waals surface area contributed by atoms with Crippen LogP contribution in [-0.2, 0) is 0 Å². The molecule has 1 aromatic carbocycles. The van der Waals surface area contributed by atoms with Gasteiger partial charge in [0.2, 0.25) is 0 Å². The van der Waals surface area contributed by atoms with Crippen LogP contribution >= 0.6 is 11.6 Å². The number of halogens is 1. The fourth-order valence-corrected chi connectivity index (χ4v) is 2.54. The third kappa shape index (κ3) is 2.76. The number of hydrogen-bond acceptors (Lipinski definition) is 2. The first-order valence-corrected chi connectivity index (χ1v) is 6.20. The molecule has 2 nitrogen and oxygen atoms in total. The van der Waals surface area contributed by atoms with Gasteiger partial charge in [-0.15, -0.1) is 0 Å². The Labute approximate surface area is 103 Å². The molecule has 1 aromatic rings. The first-order chi connectivity index (χ1) is 7.66. The maximum Gasteiger partial charge on any atom is 0.0409 e. The zero-order valence-corrected chi connectivity index (χ0v) is 10.7. The van der Waals surface area contributed by atoms with Crippen molar-refractivity contribution in [3.05, 3.63) is 34.9 Å². The van der Waals surface area contributed by atoms with Gasteiger partial charge < -0.3 is 10.2 Å². The quantitative estimate of drug-likeness (QED) is 0.853. The Morgan fingerprint density at radius 2 is 2.19 bits per heavy atom. The van der Waals surface area contributed by atoms with Gasteiger partial charge in [-0.3, -0.25) is 0 Å². The largest absolute Gasteiger partial charge is 0.310 e. The average Bonchev–Trinajstić information content (AvgIpc) is 2.29. The zero-order valence-electron chi connectivity index (χ0n) is 9.91. The van der Waals surface area contributed by atoms with Crippen molar-refractivity contribution < 1.29 is 0 Å². The molecule has 3 heteroatoms. The average molecular weight is 239 g/mol. The summed E-state index contributed by atoms with van der Waals surface area (Å²) in [6, 6.07) is 9.29. The predicted molar refractivity (Wildman–Crippen MR) is 68.9 cm³/mol. The van der Waals surface area contributed by atoms with E-state index in [9.17, 15) is 0 Å². The van der Waals surface area contributed by atoms with Crippen molar-refractivity contribution in [1.82, 2.24) is 10.2 Å². The molecular weight excluding hydrogens is 220 g/mol. The van der Waals surface area contributed by atoms with E-state index in [4.69, 9.17) is 11.6 Å². The van der Waals surface area contributed by atoms with Gasteiger partial charge in [0.25, 0.3) is 0 Å². The highest BCUT2D eigenvalue weighted by Gasteiger charge is 2.23. The minimum absolute atomic E-state index is 0.444. The normalized spacial score (nSPS) is 26.0. The molecule has 1 N–H and O–H groups in total. The maximum atomic E-state index is 6.02. The van der Waals surface area contributed by atoms with E-state index in [-0.39, 0.29) is 0 Å². The van der Waals surface area contributed by atoms with Crippen molar-refractivity contribution in [2.45, 2.75) is 24.9 Å². The van der Waals surface area contributed by atoms with E-state index in [1.54, 1.807) is 0 Å². The highest BCUT2D eigenvalue weighted by atomic mass is 35.5. The Balaban J connectivity index is 2.09. The standard InChI is InChI=1S/C13H19ClN2/c1-16(2)12-6-7-15-13(9-12)10-4-3-5-11(14)8-10/h3-5,8,12-13,15H,6-7,9H2,1-2H3. The molecule has 16 heavy (non-hydrogen) atoms. The minimum atomic E-state index is 0.444. The Kier molecular flexibility index (Phi) is 3.85. The number of piperidine rings is 1. The monoisotopic (exact) mass is 238 g/mol. The van der Waals surface area contributed by atoms with Crippen LogP contribution in [0.4, 0.5) is 0 Å². The molecule has 1 saturated heterocycles. The van der Waals surface area contributed by atoms with Crippen LogP contribution in [-0.4, -0.2) is 31.6 Å². The topological polar surface area (TPSA) is 15.3 Å². The van der Waals surface area contributed by atoms with Gasteiger partial charge in [0, 0.05) is 17.1 Å². The van der Waals surface area contributed by atoms with Crippen LogP contribution in [0.3, 0.4) is 0 Å². The van der Waals surface area contributed by atoms with E-state index < -0.39 is 0 Å². The van der Waals surface area contributed by atoms with E-state index in [0.717, 1.165) is 18.0 Å². The van der Waals surface area contributed by atoms with Crippen molar-refractivity contribution in [2.75, 3.05) is 20.6 Å². The summed E-state index contributed by atoms with van der Waals surface area (Å²) in [5.41, 5.74) is 1.30. The van der Waals surface area contributed by atoms with Gasteiger partial charge in [-0.1, -0.05) is 23.7 Å². The van der Waals surface area contributed by atoms with E-state index in [2.05, 4.69) is 36.4 Å². The third-order valence-electron chi connectivity index (χ3n) is 3.36. The van der Waals surface area contributed by atoms with Crippen molar-refractivity contribution in [3.63, 3.8) is 0 Å². The number of rotatable bonds is 2. The third-order valence-corrected chi connectivity index (χ3v) is 3.59. The van der Waals surface area contributed by atoms with Crippen LogP contribution in [0, 0.1) is 0 Å². The van der Waals surface area contributed by atoms with Gasteiger partial charge in [0.05, 0.1) is 0 Å². The summed E-state index contributed by atoms with van der Waals surface area (Å²) in [5.74, 6) is 0. The minimum Gasteiger partial charge on any atom is -0.310 e. The molecule has 0 aliphatic carbocycles. The van der Waals surface area contributed by atoms with E-state index in [1.807, 2.05) is 12.1 Å². The molecular formula is C13H19ClN2. The van der Waals surface area contributed by atoms with Crippen LogP contribution in [0.5, 0.6) is 0 Å². The van der Waals surface area contributed by atoms with Gasteiger partial charge in [-0.2, -0.15) is 0 Å². The summed E-state index contributed by atoms with van der Waals surface area (Å²) in [7, 11) is 4.32. The lowest BCUT2D eigenvalue weighted by Gasteiger charge is -2.34. The van der Waals surface area contributed by atoms with Crippen molar-refractivity contribution in [1.29, 1.82) is 0 Å². The molecule has 1 fully saturated rings. The molecule has 0 radical (unpaired) electrons. The number of nitrogens with one attached hydrogen (secondary N) is 1. The summed E-state index contributed by atoms with van der Waals surface area (Å²) in [5, 5.41) is 4.39. The number of nitrogens with zero attached hydrogens (tertiary/aromatic N) is 1. The Morgan fingerprint density at radius 1 is 1.38 bits per heavy atom. The first-order valence-electron chi connectivity index (χ1n) is 5.82. The van der Waals surface area contributed by atoms with E-state index in [0.29, 0.717) is 12.1 Å². The molecule has 0 spiro atoms. The van der Waals surface area contributed by atoms with Crippen LogP contribution in [0.1, 0.15) is 24.4 Å². The molecule has 1 aliphatic rings. The molecule has 0 aromatic heterocycles. The van der Waals surface area contributed by atoms with Gasteiger partial charge >= 0.3 is 0 Å². The summed E-state index contributed by atoms with van der Waals surface area (Å²) < 4.78 is 0. The molecule has 0 saturated carbocycles. The van der Waals surface area contributed by atoms with Crippen LogP contribution in [0.25, 0.3) is 0 Å². The smallest absolute Gasteiger partial charge is 0.0409 e. The van der Waals surface area contributed by atoms with Gasteiger partial charge in [0.1, 0.15) is 0 Å². The molecule has 0 amide bonds. The SMILES string of the molecule is CN(C)C1CCNC(c2cccc(Cl)c2)C1. The van der Waals surface area contributed by atoms with Crippen LogP contribution < -0.4 is 5.32 Å². The van der Waals surface area contributed by atoms with Gasteiger partial charge in [-0.25, -0.2) is 0 Å². The molecule has 2 rings (SSSR count). The second kappa shape index (κ2) is 5.17. The fraction of sp³-hybridized carbons (Fsp3) is 0.538. The van der Waals surface area contributed by atoms with Gasteiger partial charge in [-0.05, 0) is 51.2 Å². The highest BCUT2D eigenvalue weighted by molar-refractivity contribution is 6.30. The van der Waals surface area contributed by atoms with E-state index in [1.165, 1.54) is 12.0 Å². The van der Waals surface area contributed by atoms with Crippen LogP contribution in [0.2, 0.25) is 5.02 Å². The Morgan fingerprint density at radius 3 is 2.88 bits per heavy atom. The zero-order chi connectivity index (χ0) is 11.5. The van der Waals surface area contributed by atoms with Crippen molar-refractivity contribution in [3.8, 4) is 0 Å². The lowest BCUT2D eigenvalue weighted by molar-refractivity contribution is 0.207. The summed E-state index contributed by atoms with van der Waals surface area (Å²) in [4.78, 5) is 2.32. The molecule has 2 atom stereocenters. The maximum absolute atomic E-state index is 6.02. The van der Waals surface area contributed by atoms with Gasteiger partial charge in [0.15, 0.2) is 0 Å². The number of benzene rings is 1. The second-order valence-electron chi connectivity index (χ2n) is 4.70. The van der Waals surface area contributed by atoms with Crippen molar-refractivity contribution >= 4 is 11.6 Å². The Hall–Kier alpha value is -0.570. The molecule has 0 bridgehead atoms. The molecule has 2 unspecified atom stereocenters. The number of hydrogen-bond donors (Lipinski definition) is 1. The van der Waals surface area contributed by atoms with E-state index >= 15 is 0 Å². The molecule has 88 valence electrons. The predicted octanol–water partition coefficient (Wildman–Crippen LogP) is 2.69. The second-order valence-corrected chi connectivity index (χ2v) is 5.14.